The number of hydrogen-bond acceptors (Lipinski definition) is 3. The fourth-order valence-electron chi connectivity index (χ4n) is 2.76. The third-order valence-corrected chi connectivity index (χ3v) is 4.27. The molecule has 0 spiro atoms. The van der Waals surface area contributed by atoms with Crippen LogP contribution in [-0.4, -0.2) is 9.78 Å². The Balaban J connectivity index is 1.82. The van der Waals surface area contributed by atoms with Gasteiger partial charge in [-0.3, -0.25) is 4.68 Å². The molecule has 1 atom stereocenters. The molecule has 22 heavy (non-hydrogen) atoms. The van der Waals surface area contributed by atoms with Gasteiger partial charge in [0.05, 0.1) is 12.2 Å². The summed E-state index contributed by atoms with van der Waals surface area (Å²) >= 11 is 0. The Morgan fingerprint density at radius 2 is 2.05 bits per heavy atom. The van der Waals surface area contributed by atoms with Gasteiger partial charge in [-0.25, -0.2) is 0 Å². The monoisotopic (exact) mass is 297 g/mol. The maximum atomic E-state index is 6.03. The van der Waals surface area contributed by atoms with E-state index in [-0.39, 0.29) is 6.04 Å². The van der Waals surface area contributed by atoms with Gasteiger partial charge in [0, 0.05) is 30.2 Å². The van der Waals surface area contributed by atoms with Crippen LogP contribution in [0.25, 0.3) is 11.0 Å². The number of rotatable bonds is 5. The molecule has 2 heterocycles. The lowest BCUT2D eigenvalue weighted by atomic mass is 10.0. The van der Waals surface area contributed by atoms with E-state index in [4.69, 9.17) is 4.42 Å². The molecule has 0 saturated carbocycles. The number of aromatic nitrogens is 2. The molecule has 3 aromatic rings. The van der Waals surface area contributed by atoms with Crippen molar-refractivity contribution in [1.82, 2.24) is 15.1 Å². The molecule has 0 saturated heterocycles. The molecular formula is C18H23N3O. The summed E-state index contributed by atoms with van der Waals surface area (Å²) in [5.41, 5.74) is 3.37. The van der Waals surface area contributed by atoms with E-state index in [1.54, 1.807) is 0 Å². The molecule has 1 aromatic carbocycles. The summed E-state index contributed by atoms with van der Waals surface area (Å²) in [6, 6.07) is 10.5. The van der Waals surface area contributed by atoms with E-state index in [0.29, 0.717) is 5.92 Å². The van der Waals surface area contributed by atoms with Gasteiger partial charge in [-0.05, 0) is 25.0 Å². The number of nitrogens with zero attached hydrogens (tertiary/aromatic N) is 2. The lowest BCUT2D eigenvalue weighted by Gasteiger charge is -2.20. The smallest absolute Gasteiger partial charge is 0.134 e. The SMILES string of the molecule is Cc1c(CN[C@H](c2cc3ccccc3o2)C(C)C)cnn1C. The van der Waals surface area contributed by atoms with E-state index in [1.807, 2.05) is 36.1 Å². The fraction of sp³-hybridized carbons (Fsp3) is 0.389. The Labute approximate surface area is 131 Å². The summed E-state index contributed by atoms with van der Waals surface area (Å²) in [6.45, 7) is 7.30. The van der Waals surface area contributed by atoms with Gasteiger partial charge in [-0.1, -0.05) is 32.0 Å². The minimum atomic E-state index is 0.187. The maximum absolute atomic E-state index is 6.03. The van der Waals surface area contributed by atoms with Gasteiger partial charge in [0.15, 0.2) is 0 Å². The van der Waals surface area contributed by atoms with Gasteiger partial charge in [-0.2, -0.15) is 5.10 Å². The number of aryl methyl sites for hydroxylation is 1. The van der Waals surface area contributed by atoms with E-state index in [2.05, 4.69) is 43.3 Å². The average Bonchev–Trinajstić information content (AvgIpc) is 3.05. The first-order valence-electron chi connectivity index (χ1n) is 7.75. The summed E-state index contributed by atoms with van der Waals surface area (Å²) in [5, 5.41) is 9.07. The quantitative estimate of drug-likeness (QED) is 0.775. The van der Waals surface area contributed by atoms with E-state index in [0.717, 1.165) is 23.3 Å². The standard InChI is InChI=1S/C18H23N3O/c1-12(2)18(19-10-15-11-20-21(4)13(15)3)17-9-14-7-5-6-8-16(14)22-17/h5-9,11-12,18-19H,10H2,1-4H3/t18-/m0/s1. The van der Waals surface area contributed by atoms with Gasteiger partial charge in [0.2, 0.25) is 0 Å². The highest BCUT2D eigenvalue weighted by molar-refractivity contribution is 5.77. The van der Waals surface area contributed by atoms with Crippen LogP contribution in [0.3, 0.4) is 0 Å². The zero-order valence-electron chi connectivity index (χ0n) is 13.6. The normalized spacial score (nSPS) is 13.1. The second-order valence-electron chi connectivity index (χ2n) is 6.17. The first kappa shape index (κ1) is 14.9. The molecule has 2 aromatic heterocycles. The minimum Gasteiger partial charge on any atom is -0.459 e. The Hall–Kier alpha value is -2.07. The third-order valence-electron chi connectivity index (χ3n) is 4.27. The van der Waals surface area contributed by atoms with Gasteiger partial charge in [-0.15, -0.1) is 0 Å². The van der Waals surface area contributed by atoms with Crippen LogP contribution in [-0.2, 0) is 13.6 Å². The lowest BCUT2D eigenvalue weighted by Crippen LogP contribution is -2.25. The second-order valence-corrected chi connectivity index (χ2v) is 6.17. The Bertz CT molecular complexity index is 737. The molecule has 0 unspecified atom stereocenters. The molecule has 0 amide bonds. The van der Waals surface area contributed by atoms with E-state index < -0.39 is 0 Å². The minimum absolute atomic E-state index is 0.187. The molecule has 3 rings (SSSR count). The molecule has 116 valence electrons. The summed E-state index contributed by atoms with van der Waals surface area (Å²) < 4.78 is 7.94. The van der Waals surface area contributed by atoms with Crippen molar-refractivity contribution in [2.45, 2.75) is 33.4 Å². The molecule has 0 radical (unpaired) electrons. The number of para-hydroxylation sites is 1. The van der Waals surface area contributed by atoms with Crippen LogP contribution in [0.4, 0.5) is 0 Å². The highest BCUT2D eigenvalue weighted by atomic mass is 16.3. The molecule has 0 bridgehead atoms. The number of nitrogens with one attached hydrogen (secondary N) is 1. The zero-order chi connectivity index (χ0) is 15.7. The van der Waals surface area contributed by atoms with Crippen LogP contribution in [0.15, 0.2) is 40.9 Å². The largest absolute Gasteiger partial charge is 0.459 e. The first-order chi connectivity index (χ1) is 10.6. The summed E-state index contributed by atoms with van der Waals surface area (Å²) in [5.74, 6) is 1.44. The van der Waals surface area contributed by atoms with Crippen molar-refractivity contribution in [2.24, 2.45) is 13.0 Å². The van der Waals surface area contributed by atoms with Crippen molar-refractivity contribution in [3.05, 3.63) is 53.5 Å². The van der Waals surface area contributed by atoms with Gasteiger partial charge >= 0.3 is 0 Å². The summed E-state index contributed by atoms with van der Waals surface area (Å²) in [6.07, 6.45) is 1.93. The van der Waals surface area contributed by atoms with Crippen molar-refractivity contribution in [1.29, 1.82) is 0 Å². The molecule has 1 N–H and O–H groups in total. The van der Waals surface area contributed by atoms with Crippen LogP contribution < -0.4 is 5.32 Å². The summed E-state index contributed by atoms with van der Waals surface area (Å²) in [4.78, 5) is 0. The highest BCUT2D eigenvalue weighted by Crippen LogP contribution is 2.28. The van der Waals surface area contributed by atoms with E-state index in [9.17, 15) is 0 Å². The van der Waals surface area contributed by atoms with Gasteiger partial charge < -0.3 is 9.73 Å². The van der Waals surface area contributed by atoms with Crippen LogP contribution in [0.2, 0.25) is 0 Å². The fourth-order valence-corrected chi connectivity index (χ4v) is 2.76. The molecule has 0 fully saturated rings. The van der Waals surface area contributed by atoms with Crippen LogP contribution >= 0.6 is 0 Å². The molecule has 4 heteroatoms. The highest BCUT2D eigenvalue weighted by Gasteiger charge is 2.20. The van der Waals surface area contributed by atoms with Gasteiger partial charge in [0.25, 0.3) is 0 Å². The Morgan fingerprint density at radius 1 is 1.27 bits per heavy atom. The zero-order valence-corrected chi connectivity index (χ0v) is 13.6. The third kappa shape index (κ3) is 2.79. The second kappa shape index (κ2) is 5.97. The lowest BCUT2D eigenvalue weighted by molar-refractivity contribution is 0.349. The topological polar surface area (TPSA) is 43.0 Å². The van der Waals surface area contributed by atoms with Crippen LogP contribution in [0.5, 0.6) is 0 Å². The Kier molecular flexibility index (Phi) is 4.03. The van der Waals surface area contributed by atoms with Crippen molar-refractivity contribution >= 4 is 11.0 Å². The van der Waals surface area contributed by atoms with Crippen molar-refractivity contribution < 1.29 is 4.42 Å². The van der Waals surface area contributed by atoms with Crippen LogP contribution in [0.1, 0.15) is 36.9 Å². The van der Waals surface area contributed by atoms with Crippen molar-refractivity contribution in [3.63, 3.8) is 0 Å². The number of benzene rings is 1. The molecule has 0 aliphatic rings. The van der Waals surface area contributed by atoms with Gasteiger partial charge in [0.1, 0.15) is 11.3 Å². The molecule has 4 nitrogen and oxygen atoms in total. The number of fused-ring (bicyclic) bond motifs is 1. The molecular weight excluding hydrogens is 274 g/mol. The van der Waals surface area contributed by atoms with Crippen molar-refractivity contribution in [3.8, 4) is 0 Å². The molecule has 0 aliphatic heterocycles. The number of furan rings is 1. The predicted octanol–water partition coefficient (Wildman–Crippen LogP) is 3.96. The van der Waals surface area contributed by atoms with E-state index >= 15 is 0 Å². The van der Waals surface area contributed by atoms with Crippen LogP contribution in [0, 0.1) is 12.8 Å². The number of hydrogen-bond donors (Lipinski definition) is 1. The Morgan fingerprint density at radius 3 is 2.68 bits per heavy atom. The average molecular weight is 297 g/mol. The van der Waals surface area contributed by atoms with Crippen molar-refractivity contribution in [2.75, 3.05) is 0 Å². The summed E-state index contributed by atoms with van der Waals surface area (Å²) in [7, 11) is 1.97. The predicted molar refractivity (Wildman–Crippen MR) is 88.6 cm³/mol. The first-order valence-corrected chi connectivity index (χ1v) is 7.75. The molecule has 0 aliphatic carbocycles. The maximum Gasteiger partial charge on any atom is 0.134 e. The van der Waals surface area contributed by atoms with E-state index in [1.165, 1.54) is 11.3 Å².